The largest absolute Gasteiger partial charge is 0.481 e. The average molecular weight is 428 g/mol. The van der Waals surface area contributed by atoms with E-state index in [9.17, 15) is 0 Å². The van der Waals surface area contributed by atoms with Crippen LogP contribution in [0.3, 0.4) is 0 Å². The van der Waals surface area contributed by atoms with E-state index in [4.69, 9.17) is 14.3 Å². The zero-order chi connectivity index (χ0) is 21.7. The summed E-state index contributed by atoms with van der Waals surface area (Å²) in [7, 11) is 1.58. The monoisotopic (exact) mass is 428 g/mol. The van der Waals surface area contributed by atoms with Crippen LogP contribution in [0.15, 0.2) is 53.5 Å². The molecule has 0 aromatic carbocycles. The fourth-order valence-corrected chi connectivity index (χ4v) is 4.17. The molecule has 1 aliphatic heterocycles. The number of ether oxygens (including phenoxy) is 1. The molecule has 10 nitrogen and oxygen atoms in total. The number of aromatic amines is 1. The number of hydrogen-bond acceptors (Lipinski definition) is 8. The van der Waals surface area contributed by atoms with Gasteiger partial charge in [0, 0.05) is 37.1 Å². The van der Waals surface area contributed by atoms with Gasteiger partial charge in [-0.25, -0.2) is 14.5 Å². The van der Waals surface area contributed by atoms with Gasteiger partial charge in [0.2, 0.25) is 5.88 Å². The maximum Gasteiger partial charge on any atom is 0.319 e. The molecule has 160 valence electrons. The summed E-state index contributed by atoms with van der Waals surface area (Å²) in [6.07, 6.45) is 6.12. The second kappa shape index (κ2) is 7.19. The minimum absolute atomic E-state index is 0.244. The van der Waals surface area contributed by atoms with Crippen molar-refractivity contribution in [2.75, 3.05) is 18.6 Å². The van der Waals surface area contributed by atoms with Crippen LogP contribution < -0.4 is 9.64 Å². The SMILES string of the molecule is COc1ccc(-c2nnc(N3CCc4[nH]cnc4[C@@H]3c3cc4c(C)cccn4n3)o2)cn1. The topological polar surface area (TPSA) is 110 Å². The van der Waals surface area contributed by atoms with Crippen molar-refractivity contribution < 1.29 is 9.15 Å². The molecule has 6 heterocycles. The van der Waals surface area contributed by atoms with Crippen LogP contribution in [0.5, 0.6) is 5.88 Å². The van der Waals surface area contributed by atoms with Gasteiger partial charge >= 0.3 is 6.01 Å². The molecule has 0 saturated heterocycles. The van der Waals surface area contributed by atoms with Crippen molar-refractivity contribution in [1.82, 2.24) is 34.8 Å². The number of methoxy groups -OCH3 is 1. The summed E-state index contributed by atoms with van der Waals surface area (Å²) in [6.45, 7) is 2.77. The lowest BCUT2D eigenvalue weighted by Crippen LogP contribution is -2.36. The summed E-state index contributed by atoms with van der Waals surface area (Å²) in [5, 5.41) is 13.4. The third kappa shape index (κ3) is 2.91. The van der Waals surface area contributed by atoms with Crippen molar-refractivity contribution in [2.24, 2.45) is 0 Å². The van der Waals surface area contributed by atoms with Crippen LogP contribution >= 0.6 is 0 Å². The van der Waals surface area contributed by atoms with Crippen molar-refractivity contribution >= 4 is 11.5 Å². The van der Waals surface area contributed by atoms with E-state index >= 15 is 0 Å². The van der Waals surface area contributed by atoms with E-state index in [1.165, 1.54) is 0 Å². The molecule has 1 aliphatic rings. The molecule has 0 unspecified atom stereocenters. The molecule has 0 aliphatic carbocycles. The van der Waals surface area contributed by atoms with Crippen LogP contribution in [0.4, 0.5) is 6.01 Å². The van der Waals surface area contributed by atoms with Crippen LogP contribution in [-0.4, -0.2) is 48.4 Å². The number of fused-ring (bicyclic) bond motifs is 2. The normalized spacial score (nSPS) is 15.8. The fourth-order valence-electron chi connectivity index (χ4n) is 4.17. The molecule has 1 atom stereocenters. The first-order valence-electron chi connectivity index (χ1n) is 10.3. The number of hydrogen-bond donors (Lipinski definition) is 1. The average Bonchev–Trinajstić information content (AvgIpc) is 3.57. The van der Waals surface area contributed by atoms with Crippen molar-refractivity contribution in [3.8, 4) is 17.3 Å². The van der Waals surface area contributed by atoms with Gasteiger partial charge in [-0.05, 0) is 30.7 Å². The van der Waals surface area contributed by atoms with Gasteiger partial charge in [0.15, 0.2) is 0 Å². The second-order valence-electron chi connectivity index (χ2n) is 7.68. The Balaban J connectivity index is 1.42. The van der Waals surface area contributed by atoms with E-state index in [2.05, 4.69) is 49.1 Å². The first-order valence-corrected chi connectivity index (χ1v) is 10.3. The Morgan fingerprint density at radius 1 is 1.19 bits per heavy atom. The highest BCUT2D eigenvalue weighted by Crippen LogP contribution is 2.37. The Morgan fingerprint density at radius 3 is 2.94 bits per heavy atom. The number of nitrogens with zero attached hydrogens (tertiary/aromatic N) is 7. The molecule has 0 amide bonds. The van der Waals surface area contributed by atoms with Gasteiger partial charge < -0.3 is 19.0 Å². The zero-order valence-corrected chi connectivity index (χ0v) is 17.6. The number of imidazole rings is 1. The van der Waals surface area contributed by atoms with Gasteiger partial charge in [-0.15, -0.1) is 5.10 Å². The number of aryl methyl sites for hydroxylation is 1. The standard InChI is InChI=1S/C22H20N8O2/c1-13-4-3-8-30-17(13)10-16(28-30)20-19-15(24-12-25-19)7-9-29(20)22-27-26-21(32-22)14-5-6-18(31-2)23-11-14/h3-6,8,10-12,20H,7,9H2,1-2H3,(H,24,25)/t20-/m0/s1. The van der Waals surface area contributed by atoms with Crippen LogP contribution in [0, 0.1) is 6.92 Å². The Hall–Kier alpha value is -4.21. The quantitative estimate of drug-likeness (QED) is 0.465. The smallest absolute Gasteiger partial charge is 0.319 e. The lowest BCUT2D eigenvalue weighted by atomic mass is 10.00. The lowest BCUT2D eigenvalue weighted by Gasteiger charge is -2.32. The van der Waals surface area contributed by atoms with Crippen molar-refractivity contribution in [1.29, 1.82) is 0 Å². The van der Waals surface area contributed by atoms with E-state index in [0.29, 0.717) is 24.3 Å². The minimum Gasteiger partial charge on any atom is -0.481 e. The third-order valence-corrected chi connectivity index (χ3v) is 5.79. The van der Waals surface area contributed by atoms with Gasteiger partial charge in [0.05, 0.1) is 35.9 Å². The number of H-pyrrole nitrogens is 1. The second-order valence-corrected chi connectivity index (χ2v) is 7.68. The summed E-state index contributed by atoms with van der Waals surface area (Å²) in [6, 6.07) is 9.94. The molecule has 5 aromatic heterocycles. The summed E-state index contributed by atoms with van der Waals surface area (Å²) in [4.78, 5) is 14.1. The van der Waals surface area contributed by atoms with Crippen molar-refractivity contribution in [3.63, 3.8) is 0 Å². The van der Waals surface area contributed by atoms with E-state index in [1.807, 2.05) is 22.8 Å². The van der Waals surface area contributed by atoms with Crippen LogP contribution in [0.2, 0.25) is 0 Å². The Bertz CT molecular complexity index is 1400. The van der Waals surface area contributed by atoms with Gasteiger partial charge in [-0.3, -0.25) is 0 Å². The van der Waals surface area contributed by atoms with Gasteiger partial charge in [-0.2, -0.15) is 5.10 Å². The Morgan fingerprint density at radius 2 is 2.12 bits per heavy atom. The molecule has 6 rings (SSSR count). The molecule has 32 heavy (non-hydrogen) atoms. The summed E-state index contributed by atoms with van der Waals surface area (Å²) >= 11 is 0. The number of anilines is 1. The minimum atomic E-state index is -0.244. The number of nitrogens with one attached hydrogen (secondary N) is 1. The van der Waals surface area contributed by atoms with Gasteiger partial charge in [0.1, 0.15) is 6.04 Å². The van der Waals surface area contributed by atoms with E-state index in [0.717, 1.165) is 40.1 Å². The van der Waals surface area contributed by atoms with Crippen molar-refractivity contribution in [2.45, 2.75) is 19.4 Å². The molecule has 0 spiro atoms. The molecule has 1 N–H and O–H groups in total. The van der Waals surface area contributed by atoms with Gasteiger partial charge in [-0.1, -0.05) is 11.2 Å². The Labute approximate surface area is 182 Å². The highest BCUT2D eigenvalue weighted by atomic mass is 16.5. The van der Waals surface area contributed by atoms with Crippen LogP contribution in [0.1, 0.15) is 28.7 Å². The van der Waals surface area contributed by atoms with Crippen molar-refractivity contribution in [3.05, 3.63) is 71.7 Å². The number of rotatable bonds is 4. The first kappa shape index (κ1) is 18.6. The maximum absolute atomic E-state index is 6.07. The predicted octanol–water partition coefficient (Wildman–Crippen LogP) is 2.97. The predicted molar refractivity (Wildman–Crippen MR) is 115 cm³/mol. The molecule has 0 bridgehead atoms. The zero-order valence-electron chi connectivity index (χ0n) is 17.6. The summed E-state index contributed by atoms with van der Waals surface area (Å²) in [5.41, 5.74) is 5.83. The summed E-state index contributed by atoms with van der Waals surface area (Å²) < 4.78 is 13.1. The Kier molecular flexibility index (Phi) is 4.17. The molecule has 0 saturated carbocycles. The highest BCUT2D eigenvalue weighted by Gasteiger charge is 2.36. The molecular formula is C22H20N8O2. The first-order chi connectivity index (χ1) is 15.7. The van der Waals surface area contributed by atoms with Crippen LogP contribution in [0.25, 0.3) is 17.0 Å². The van der Waals surface area contributed by atoms with E-state index in [-0.39, 0.29) is 6.04 Å². The van der Waals surface area contributed by atoms with E-state index < -0.39 is 0 Å². The summed E-state index contributed by atoms with van der Waals surface area (Å²) in [5.74, 6) is 0.922. The number of aromatic nitrogens is 7. The molecule has 5 aromatic rings. The van der Waals surface area contributed by atoms with E-state index in [1.54, 1.807) is 25.7 Å². The highest BCUT2D eigenvalue weighted by molar-refractivity contribution is 5.57. The van der Waals surface area contributed by atoms with Crippen LogP contribution in [-0.2, 0) is 6.42 Å². The third-order valence-electron chi connectivity index (χ3n) is 5.79. The molecular weight excluding hydrogens is 408 g/mol. The molecule has 0 radical (unpaired) electrons. The molecule has 10 heteroatoms. The fraction of sp³-hybridized carbons (Fsp3) is 0.227. The maximum atomic E-state index is 6.07. The number of pyridine rings is 2. The van der Waals surface area contributed by atoms with Gasteiger partial charge in [0.25, 0.3) is 5.89 Å². The lowest BCUT2D eigenvalue weighted by molar-refractivity contribution is 0.398. The molecule has 0 fully saturated rings.